The van der Waals surface area contributed by atoms with E-state index in [0.717, 1.165) is 23.5 Å². The smallest absolute Gasteiger partial charge is 0.235 e. The first-order valence-corrected chi connectivity index (χ1v) is 5.67. The first-order valence-electron chi connectivity index (χ1n) is 4.79. The molecule has 0 aromatic carbocycles. The SMILES string of the molecule is CCC(CC)c1nc(CN=C=O)cs1. The fourth-order valence-electron chi connectivity index (χ4n) is 1.33. The average Bonchev–Trinajstić information content (AvgIpc) is 2.65. The van der Waals surface area contributed by atoms with Gasteiger partial charge >= 0.3 is 0 Å². The Bertz CT molecular complexity index is 325. The third-order valence-corrected chi connectivity index (χ3v) is 3.27. The standard InChI is InChI=1S/C10H14N2OS/c1-3-8(4-2)10-12-9(6-14-10)5-11-7-13/h6,8H,3-5H2,1-2H3. The second-order valence-electron chi connectivity index (χ2n) is 3.10. The molecule has 1 aromatic heterocycles. The Morgan fingerprint density at radius 1 is 1.57 bits per heavy atom. The van der Waals surface area contributed by atoms with E-state index in [1.54, 1.807) is 11.3 Å². The zero-order chi connectivity index (χ0) is 10.4. The molecule has 1 rings (SSSR count). The Morgan fingerprint density at radius 2 is 2.29 bits per heavy atom. The summed E-state index contributed by atoms with van der Waals surface area (Å²) in [6, 6.07) is 0. The number of thiazole rings is 1. The first kappa shape index (κ1) is 11.1. The van der Waals surface area contributed by atoms with Gasteiger partial charge in [-0.2, -0.15) is 4.99 Å². The Balaban J connectivity index is 2.70. The van der Waals surface area contributed by atoms with E-state index in [2.05, 4.69) is 23.8 Å². The Hall–Kier alpha value is -0.990. The van der Waals surface area contributed by atoms with E-state index in [1.165, 1.54) is 6.08 Å². The summed E-state index contributed by atoms with van der Waals surface area (Å²) in [4.78, 5) is 17.9. The van der Waals surface area contributed by atoms with Crippen LogP contribution in [0.25, 0.3) is 0 Å². The van der Waals surface area contributed by atoms with Gasteiger partial charge in [0, 0.05) is 11.3 Å². The van der Waals surface area contributed by atoms with E-state index in [9.17, 15) is 4.79 Å². The number of rotatable bonds is 5. The summed E-state index contributed by atoms with van der Waals surface area (Å²) in [5, 5.41) is 3.13. The van der Waals surface area contributed by atoms with Gasteiger partial charge in [0.2, 0.25) is 6.08 Å². The third-order valence-electron chi connectivity index (χ3n) is 2.21. The minimum absolute atomic E-state index is 0.361. The van der Waals surface area contributed by atoms with Crippen molar-refractivity contribution in [2.75, 3.05) is 0 Å². The monoisotopic (exact) mass is 210 g/mol. The van der Waals surface area contributed by atoms with Crippen LogP contribution < -0.4 is 0 Å². The van der Waals surface area contributed by atoms with Gasteiger partial charge < -0.3 is 0 Å². The summed E-state index contributed by atoms with van der Waals surface area (Å²) in [5.74, 6) is 0.550. The van der Waals surface area contributed by atoms with Gasteiger partial charge in [0.25, 0.3) is 0 Å². The van der Waals surface area contributed by atoms with Crippen molar-refractivity contribution in [1.29, 1.82) is 0 Å². The topological polar surface area (TPSA) is 42.3 Å². The number of hydrogen-bond acceptors (Lipinski definition) is 4. The van der Waals surface area contributed by atoms with Crippen molar-refractivity contribution in [1.82, 2.24) is 4.98 Å². The van der Waals surface area contributed by atoms with Gasteiger partial charge in [-0.3, -0.25) is 0 Å². The van der Waals surface area contributed by atoms with Gasteiger partial charge in [-0.1, -0.05) is 13.8 Å². The molecule has 0 saturated carbocycles. The van der Waals surface area contributed by atoms with Crippen molar-refractivity contribution < 1.29 is 4.79 Å². The molecule has 0 saturated heterocycles. The number of hydrogen-bond donors (Lipinski definition) is 0. The number of carbonyl (C=O) groups excluding carboxylic acids is 1. The largest absolute Gasteiger partial charge is 0.244 e. The lowest BCUT2D eigenvalue weighted by Gasteiger charge is -2.06. The molecule has 0 amide bonds. The minimum Gasteiger partial charge on any atom is -0.244 e. The Kier molecular flexibility index (Phi) is 4.50. The third kappa shape index (κ3) is 2.76. The predicted molar refractivity (Wildman–Crippen MR) is 57.3 cm³/mol. The lowest BCUT2D eigenvalue weighted by atomic mass is 10.1. The molecule has 0 N–H and O–H groups in total. The molecule has 0 aliphatic rings. The fraction of sp³-hybridized carbons (Fsp3) is 0.600. The van der Waals surface area contributed by atoms with E-state index in [-0.39, 0.29) is 0 Å². The minimum atomic E-state index is 0.361. The van der Waals surface area contributed by atoms with Gasteiger partial charge in [0.05, 0.1) is 17.2 Å². The lowest BCUT2D eigenvalue weighted by molar-refractivity contribution is 0.562. The van der Waals surface area contributed by atoms with E-state index in [1.807, 2.05) is 5.38 Å². The van der Waals surface area contributed by atoms with Crippen LogP contribution in [0.4, 0.5) is 0 Å². The van der Waals surface area contributed by atoms with Crippen LogP contribution in [0.2, 0.25) is 0 Å². The molecule has 1 heterocycles. The second kappa shape index (κ2) is 5.68. The van der Waals surface area contributed by atoms with Crippen LogP contribution >= 0.6 is 11.3 Å². The molecule has 0 radical (unpaired) electrons. The molecular formula is C10H14N2OS. The van der Waals surface area contributed by atoms with E-state index in [4.69, 9.17) is 0 Å². The second-order valence-corrected chi connectivity index (χ2v) is 3.99. The summed E-state index contributed by atoms with van der Waals surface area (Å²) in [6.45, 7) is 4.69. The molecule has 0 spiro atoms. The van der Waals surface area contributed by atoms with E-state index in [0.29, 0.717) is 12.5 Å². The first-order chi connectivity index (χ1) is 6.81. The molecule has 0 aliphatic heterocycles. The number of isocyanates is 1. The number of aromatic nitrogens is 1. The van der Waals surface area contributed by atoms with Crippen LogP contribution in [0.3, 0.4) is 0 Å². The molecule has 76 valence electrons. The Morgan fingerprint density at radius 3 is 2.86 bits per heavy atom. The summed E-state index contributed by atoms with van der Waals surface area (Å²) in [7, 11) is 0. The summed E-state index contributed by atoms with van der Waals surface area (Å²) in [5.41, 5.74) is 0.875. The molecule has 0 atom stereocenters. The molecule has 0 aliphatic carbocycles. The van der Waals surface area contributed by atoms with Gasteiger partial charge in [-0.15, -0.1) is 11.3 Å². The highest BCUT2D eigenvalue weighted by Gasteiger charge is 2.10. The number of aliphatic imine (C=N–C) groups is 1. The maximum absolute atomic E-state index is 9.92. The zero-order valence-corrected chi connectivity index (χ0v) is 9.30. The van der Waals surface area contributed by atoms with Gasteiger partial charge in [-0.25, -0.2) is 9.78 Å². The predicted octanol–water partition coefficient (Wildman–Crippen LogP) is 2.88. The van der Waals surface area contributed by atoms with Gasteiger partial charge in [-0.05, 0) is 12.8 Å². The maximum Gasteiger partial charge on any atom is 0.235 e. The molecule has 1 aromatic rings. The normalized spacial score (nSPS) is 10.2. The van der Waals surface area contributed by atoms with Crippen molar-refractivity contribution in [2.45, 2.75) is 39.2 Å². The van der Waals surface area contributed by atoms with Crippen molar-refractivity contribution >= 4 is 17.4 Å². The van der Waals surface area contributed by atoms with Crippen LogP contribution in [0, 0.1) is 0 Å². The van der Waals surface area contributed by atoms with Crippen LogP contribution in [0.15, 0.2) is 10.4 Å². The number of nitrogens with zero attached hydrogens (tertiary/aromatic N) is 2. The highest BCUT2D eigenvalue weighted by Crippen LogP contribution is 2.26. The zero-order valence-electron chi connectivity index (χ0n) is 8.49. The van der Waals surface area contributed by atoms with Gasteiger partial charge in [0.1, 0.15) is 0 Å². The molecule has 14 heavy (non-hydrogen) atoms. The molecule has 3 nitrogen and oxygen atoms in total. The maximum atomic E-state index is 9.92. The quantitative estimate of drug-likeness (QED) is 0.554. The molecule has 0 bridgehead atoms. The fourth-order valence-corrected chi connectivity index (χ4v) is 2.41. The summed E-state index contributed by atoms with van der Waals surface area (Å²) in [6.07, 6.45) is 3.75. The van der Waals surface area contributed by atoms with Gasteiger partial charge in [0.15, 0.2) is 0 Å². The van der Waals surface area contributed by atoms with Crippen LogP contribution in [-0.2, 0) is 11.3 Å². The molecule has 0 fully saturated rings. The van der Waals surface area contributed by atoms with Crippen LogP contribution in [0.1, 0.15) is 43.3 Å². The van der Waals surface area contributed by atoms with E-state index < -0.39 is 0 Å². The van der Waals surface area contributed by atoms with Crippen LogP contribution in [0.5, 0.6) is 0 Å². The average molecular weight is 210 g/mol. The highest BCUT2D eigenvalue weighted by atomic mass is 32.1. The van der Waals surface area contributed by atoms with Crippen molar-refractivity contribution in [3.63, 3.8) is 0 Å². The molecule has 0 unspecified atom stereocenters. The summed E-state index contributed by atoms with van der Waals surface area (Å²) < 4.78 is 0. The van der Waals surface area contributed by atoms with E-state index >= 15 is 0 Å². The summed E-state index contributed by atoms with van der Waals surface area (Å²) >= 11 is 1.66. The van der Waals surface area contributed by atoms with Crippen molar-refractivity contribution in [3.05, 3.63) is 16.1 Å². The Labute approximate surface area is 87.9 Å². The highest BCUT2D eigenvalue weighted by molar-refractivity contribution is 7.09. The lowest BCUT2D eigenvalue weighted by Crippen LogP contribution is -1.94. The molecule has 4 heteroatoms. The van der Waals surface area contributed by atoms with Crippen LogP contribution in [-0.4, -0.2) is 11.1 Å². The van der Waals surface area contributed by atoms with Crippen molar-refractivity contribution in [3.8, 4) is 0 Å². The molecular weight excluding hydrogens is 196 g/mol. The van der Waals surface area contributed by atoms with Crippen molar-refractivity contribution in [2.24, 2.45) is 4.99 Å².